The van der Waals surface area contributed by atoms with Gasteiger partial charge in [-0.2, -0.15) is 5.10 Å². The highest BCUT2D eigenvalue weighted by Gasteiger charge is 2.24. The fraction of sp³-hybridized carbons (Fsp3) is 0.462. The molecule has 0 unspecified atom stereocenters. The zero-order valence-corrected chi connectivity index (χ0v) is 21.7. The van der Waals surface area contributed by atoms with Crippen LogP contribution in [0.3, 0.4) is 0 Å². The molecule has 0 amide bonds. The summed E-state index contributed by atoms with van der Waals surface area (Å²) < 4.78 is 24.5. The average Bonchev–Trinajstić information content (AvgIpc) is 3.44. The monoisotopic (exact) mass is 494 g/mol. The van der Waals surface area contributed by atoms with Crippen LogP contribution in [0.5, 0.6) is 0 Å². The second-order valence-corrected chi connectivity index (χ2v) is 11.9. The van der Waals surface area contributed by atoms with Gasteiger partial charge in [-0.1, -0.05) is 19.9 Å². The van der Waals surface area contributed by atoms with E-state index in [0.717, 1.165) is 53.9 Å². The van der Waals surface area contributed by atoms with Crippen molar-refractivity contribution in [2.24, 2.45) is 5.14 Å². The smallest absolute Gasteiger partial charge is 0.210 e. The van der Waals surface area contributed by atoms with E-state index in [0.29, 0.717) is 18.4 Å². The van der Waals surface area contributed by atoms with Gasteiger partial charge in [0.2, 0.25) is 10.0 Å². The van der Waals surface area contributed by atoms with E-state index in [4.69, 9.17) is 5.14 Å². The highest BCUT2D eigenvalue weighted by molar-refractivity contribution is 7.89. The molecule has 0 bridgehead atoms. The standard InChI is InChI=1S/C26H34N6O2S/c1-16(2)24-21-13-20(19-7-9-31(10-8-19)11-12-35(27,33)34)5-6-23(21)30-25(24)22-14-32-26(28-15-29-32)18(4)17(22)3/h5-6,13-16,19,30H,7-12H2,1-4H3,(H2,27,33,34). The van der Waals surface area contributed by atoms with Gasteiger partial charge < -0.3 is 9.88 Å². The molecule has 1 aliphatic rings. The number of fused-ring (bicyclic) bond motifs is 2. The highest BCUT2D eigenvalue weighted by Crippen LogP contribution is 2.39. The molecule has 5 rings (SSSR count). The lowest BCUT2D eigenvalue weighted by atomic mass is 9.87. The molecule has 9 heteroatoms. The van der Waals surface area contributed by atoms with E-state index in [9.17, 15) is 8.42 Å². The van der Waals surface area contributed by atoms with Crippen molar-refractivity contribution >= 4 is 26.6 Å². The zero-order valence-electron chi connectivity index (χ0n) is 20.9. The summed E-state index contributed by atoms with van der Waals surface area (Å²) in [5.41, 5.74) is 9.40. The number of aromatic amines is 1. The van der Waals surface area contributed by atoms with Crippen LogP contribution in [0.1, 0.15) is 60.8 Å². The number of aryl methyl sites for hydroxylation is 1. The molecule has 8 nitrogen and oxygen atoms in total. The van der Waals surface area contributed by atoms with Crippen molar-refractivity contribution in [3.05, 3.63) is 53.0 Å². The Morgan fingerprint density at radius 1 is 1.17 bits per heavy atom. The van der Waals surface area contributed by atoms with Crippen molar-refractivity contribution in [3.63, 3.8) is 0 Å². The van der Waals surface area contributed by atoms with Crippen molar-refractivity contribution in [2.75, 3.05) is 25.4 Å². The van der Waals surface area contributed by atoms with Crippen LogP contribution in [0.25, 0.3) is 27.8 Å². The van der Waals surface area contributed by atoms with E-state index in [2.05, 4.69) is 72.1 Å². The predicted molar refractivity (Wildman–Crippen MR) is 140 cm³/mol. The molecule has 1 aromatic carbocycles. The number of rotatable bonds is 6. The quantitative estimate of drug-likeness (QED) is 0.420. The van der Waals surface area contributed by atoms with E-state index < -0.39 is 10.0 Å². The third-order valence-electron chi connectivity index (χ3n) is 7.59. The fourth-order valence-electron chi connectivity index (χ4n) is 5.50. The Morgan fingerprint density at radius 2 is 1.91 bits per heavy atom. The largest absolute Gasteiger partial charge is 0.354 e. The number of nitrogens with zero attached hydrogens (tertiary/aromatic N) is 4. The Morgan fingerprint density at radius 3 is 2.60 bits per heavy atom. The van der Waals surface area contributed by atoms with Crippen molar-refractivity contribution in [1.29, 1.82) is 0 Å². The first-order valence-electron chi connectivity index (χ1n) is 12.3. The van der Waals surface area contributed by atoms with Crippen LogP contribution < -0.4 is 5.14 Å². The number of hydrogen-bond acceptors (Lipinski definition) is 5. The van der Waals surface area contributed by atoms with Crippen LogP contribution in [0.4, 0.5) is 0 Å². The number of hydrogen-bond donors (Lipinski definition) is 2. The van der Waals surface area contributed by atoms with Gasteiger partial charge in [0, 0.05) is 29.2 Å². The summed E-state index contributed by atoms with van der Waals surface area (Å²) in [5, 5.41) is 10.8. The number of piperidine rings is 1. The SMILES string of the molecule is Cc1c(-c2[nH]c3ccc(C4CCN(CCS(N)(=O)=O)CC4)cc3c2C(C)C)cn2ncnc2c1C. The Balaban J connectivity index is 1.48. The van der Waals surface area contributed by atoms with E-state index in [1.165, 1.54) is 22.1 Å². The minimum atomic E-state index is -3.42. The van der Waals surface area contributed by atoms with Crippen LogP contribution >= 0.6 is 0 Å². The lowest BCUT2D eigenvalue weighted by Gasteiger charge is -2.32. The highest BCUT2D eigenvalue weighted by atomic mass is 32.2. The summed E-state index contributed by atoms with van der Waals surface area (Å²) in [4.78, 5) is 10.3. The minimum absolute atomic E-state index is 0.0206. The van der Waals surface area contributed by atoms with Gasteiger partial charge in [0.05, 0.1) is 11.4 Å². The molecule has 186 valence electrons. The third kappa shape index (κ3) is 4.60. The maximum absolute atomic E-state index is 11.3. The molecule has 4 aromatic rings. The van der Waals surface area contributed by atoms with Crippen LogP contribution in [0.2, 0.25) is 0 Å². The second kappa shape index (κ2) is 9.04. The molecule has 1 fully saturated rings. The van der Waals surface area contributed by atoms with Crippen LogP contribution in [0.15, 0.2) is 30.7 Å². The van der Waals surface area contributed by atoms with Crippen molar-refractivity contribution < 1.29 is 8.42 Å². The molecule has 0 atom stereocenters. The Bertz CT molecular complexity index is 1490. The van der Waals surface area contributed by atoms with E-state index >= 15 is 0 Å². The van der Waals surface area contributed by atoms with Gasteiger partial charge in [0.1, 0.15) is 6.33 Å². The lowest BCUT2D eigenvalue weighted by Crippen LogP contribution is -2.37. The van der Waals surface area contributed by atoms with Gasteiger partial charge in [0.25, 0.3) is 0 Å². The van der Waals surface area contributed by atoms with Gasteiger partial charge in [-0.15, -0.1) is 0 Å². The van der Waals surface area contributed by atoms with Gasteiger partial charge in [0.15, 0.2) is 5.65 Å². The number of likely N-dealkylation sites (tertiary alicyclic amines) is 1. The van der Waals surface area contributed by atoms with Crippen molar-refractivity contribution in [1.82, 2.24) is 24.5 Å². The number of H-pyrrole nitrogens is 1. The lowest BCUT2D eigenvalue weighted by molar-refractivity contribution is 0.223. The molecule has 3 N–H and O–H groups in total. The minimum Gasteiger partial charge on any atom is -0.354 e. The first kappa shape index (κ1) is 24.0. The van der Waals surface area contributed by atoms with Crippen LogP contribution in [-0.4, -0.2) is 58.3 Å². The summed E-state index contributed by atoms with van der Waals surface area (Å²) >= 11 is 0. The van der Waals surface area contributed by atoms with Gasteiger partial charge >= 0.3 is 0 Å². The number of benzene rings is 1. The maximum Gasteiger partial charge on any atom is 0.210 e. The molecule has 0 aliphatic carbocycles. The second-order valence-electron chi connectivity index (χ2n) is 10.2. The number of nitrogens with one attached hydrogen (secondary N) is 1. The predicted octanol–water partition coefficient (Wildman–Crippen LogP) is 4.09. The molecule has 1 saturated heterocycles. The number of sulfonamides is 1. The first-order valence-corrected chi connectivity index (χ1v) is 14.0. The number of primary sulfonamides is 1. The number of nitrogens with two attached hydrogens (primary N) is 1. The average molecular weight is 495 g/mol. The van der Waals surface area contributed by atoms with Gasteiger partial charge in [-0.3, -0.25) is 0 Å². The molecule has 3 aromatic heterocycles. The topological polar surface area (TPSA) is 109 Å². The van der Waals surface area contributed by atoms with Gasteiger partial charge in [-0.05, 0) is 86.0 Å². The summed E-state index contributed by atoms with van der Waals surface area (Å²) in [6.45, 7) is 11.1. The zero-order chi connectivity index (χ0) is 24.9. The third-order valence-corrected chi connectivity index (χ3v) is 8.34. The molecule has 0 saturated carbocycles. The molecule has 0 radical (unpaired) electrons. The summed E-state index contributed by atoms with van der Waals surface area (Å²) in [6, 6.07) is 6.82. The van der Waals surface area contributed by atoms with Crippen molar-refractivity contribution in [3.8, 4) is 11.3 Å². The number of aromatic nitrogens is 4. The molecular weight excluding hydrogens is 460 g/mol. The van der Waals surface area contributed by atoms with Crippen LogP contribution in [-0.2, 0) is 10.0 Å². The molecular formula is C26H34N6O2S. The first-order chi connectivity index (χ1) is 16.6. The van der Waals surface area contributed by atoms with E-state index in [1.807, 2.05) is 4.52 Å². The normalized spacial score (nSPS) is 16.2. The summed E-state index contributed by atoms with van der Waals surface area (Å²) in [7, 11) is -3.42. The Hall–Kier alpha value is -2.75. The van der Waals surface area contributed by atoms with E-state index in [1.54, 1.807) is 6.33 Å². The maximum atomic E-state index is 11.3. The van der Waals surface area contributed by atoms with Gasteiger partial charge in [-0.25, -0.2) is 23.1 Å². The van der Waals surface area contributed by atoms with E-state index in [-0.39, 0.29) is 5.75 Å². The van der Waals surface area contributed by atoms with Crippen LogP contribution in [0, 0.1) is 13.8 Å². The summed E-state index contributed by atoms with van der Waals surface area (Å²) in [5.74, 6) is 0.839. The van der Waals surface area contributed by atoms with Crippen molar-refractivity contribution in [2.45, 2.75) is 52.4 Å². The Kier molecular flexibility index (Phi) is 6.19. The fourth-order valence-corrected chi connectivity index (χ4v) is 6.01. The Labute approximate surface area is 206 Å². The summed E-state index contributed by atoms with van der Waals surface area (Å²) in [6.07, 6.45) is 5.73. The molecule has 1 aliphatic heterocycles. The molecule has 4 heterocycles. The molecule has 0 spiro atoms. The molecule has 35 heavy (non-hydrogen) atoms. The number of pyridine rings is 1.